The molecular formula is C17H23NO2. The molecule has 0 radical (unpaired) electrons. The summed E-state index contributed by atoms with van der Waals surface area (Å²) in [5, 5.41) is 0. The number of carbonyl (C=O) groups is 1. The molecular weight excluding hydrogens is 250 g/mol. The molecule has 3 rings (SSSR count). The van der Waals surface area contributed by atoms with Crippen LogP contribution in [0.2, 0.25) is 0 Å². The fourth-order valence-electron chi connectivity index (χ4n) is 3.00. The predicted octanol–water partition coefficient (Wildman–Crippen LogP) is 2.93. The molecule has 108 valence electrons. The smallest absolute Gasteiger partial charge is 0.176 e. The largest absolute Gasteiger partial charge is 0.493 e. The molecule has 0 atom stereocenters. The van der Waals surface area contributed by atoms with Gasteiger partial charge in [0.25, 0.3) is 0 Å². The second-order valence-electron chi connectivity index (χ2n) is 5.97. The molecule has 1 aliphatic carbocycles. The van der Waals surface area contributed by atoms with E-state index in [2.05, 4.69) is 11.8 Å². The number of nitrogens with zero attached hydrogens (tertiary/aromatic N) is 1. The summed E-state index contributed by atoms with van der Waals surface area (Å²) in [4.78, 5) is 14.7. The molecule has 1 aromatic rings. The van der Waals surface area contributed by atoms with E-state index >= 15 is 0 Å². The van der Waals surface area contributed by atoms with Crippen LogP contribution in [0.25, 0.3) is 0 Å². The Morgan fingerprint density at radius 2 is 2.25 bits per heavy atom. The average molecular weight is 273 g/mol. The number of carbonyl (C=O) groups excluding carboxylic acids is 1. The van der Waals surface area contributed by atoms with Crippen LogP contribution in [0, 0.1) is 5.92 Å². The molecule has 1 heterocycles. The summed E-state index contributed by atoms with van der Waals surface area (Å²) >= 11 is 0. The van der Waals surface area contributed by atoms with Gasteiger partial charge in [0.1, 0.15) is 5.75 Å². The lowest BCUT2D eigenvalue weighted by molar-refractivity contribution is 0.0905. The number of benzene rings is 1. The lowest BCUT2D eigenvalue weighted by Crippen LogP contribution is -2.36. The number of fused-ring (bicyclic) bond motifs is 1. The van der Waals surface area contributed by atoms with E-state index in [9.17, 15) is 4.79 Å². The van der Waals surface area contributed by atoms with Crippen LogP contribution in [0.5, 0.6) is 5.75 Å². The van der Waals surface area contributed by atoms with Crippen LogP contribution in [0.15, 0.2) is 18.2 Å². The van der Waals surface area contributed by atoms with Crippen LogP contribution in [-0.4, -0.2) is 36.9 Å². The second kappa shape index (κ2) is 5.96. The fourth-order valence-corrected chi connectivity index (χ4v) is 3.00. The van der Waals surface area contributed by atoms with Crippen LogP contribution >= 0.6 is 0 Å². The summed E-state index contributed by atoms with van der Waals surface area (Å²) in [7, 11) is 0. The van der Waals surface area contributed by atoms with Crippen LogP contribution in [0.4, 0.5) is 0 Å². The molecule has 2 aliphatic rings. The maximum absolute atomic E-state index is 12.4. The first-order valence-electron chi connectivity index (χ1n) is 7.77. The number of rotatable bonds is 6. The van der Waals surface area contributed by atoms with Crippen molar-refractivity contribution in [2.24, 2.45) is 5.92 Å². The minimum absolute atomic E-state index is 0.237. The van der Waals surface area contributed by atoms with E-state index in [1.54, 1.807) is 0 Å². The molecule has 0 unspecified atom stereocenters. The van der Waals surface area contributed by atoms with Gasteiger partial charge in [0.05, 0.1) is 13.2 Å². The van der Waals surface area contributed by atoms with Crippen molar-refractivity contribution in [1.29, 1.82) is 0 Å². The monoisotopic (exact) mass is 273 g/mol. The zero-order chi connectivity index (χ0) is 13.9. The maximum atomic E-state index is 12.4. The topological polar surface area (TPSA) is 29.5 Å². The van der Waals surface area contributed by atoms with Crippen molar-refractivity contribution < 1.29 is 9.53 Å². The maximum Gasteiger partial charge on any atom is 0.176 e. The van der Waals surface area contributed by atoms with Gasteiger partial charge in [-0.25, -0.2) is 0 Å². The van der Waals surface area contributed by atoms with Crippen molar-refractivity contribution in [1.82, 2.24) is 4.90 Å². The summed E-state index contributed by atoms with van der Waals surface area (Å²) in [5.41, 5.74) is 2.01. The Labute approximate surface area is 120 Å². The Morgan fingerprint density at radius 3 is 2.95 bits per heavy atom. The molecule has 1 aliphatic heterocycles. The minimum Gasteiger partial charge on any atom is -0.493 e. The Balaban J connectivity index is 1.62. The molecule has 1 saturated carbocycles. The average Bonchev–Trinajstić information content (AvgIpc) is 2.88. The van der Waals surface area contributed by atoms with Gasteiger partial charge in [-0.1, -0.05) is 13.3 Å². The quantitative estimate of drug-likeness (QED) is 0.746. The highest BCUT2D eigenvalue weighted by atomic mass is 16.5. The van der Waals surface area contributed by atoms with Gasteiger partial charge < -0.3 is 4.74 Å². The van der Waals surface area contributed by atoms with E-state index in [1.807, 2.05) is 18.2 Å². The molecule has 3 heteroatoms. The lowest BCUT2D eigenvalue weighted by atomic mass is 9.85. The van der Waals surface area contributed by atoms with E-state index in [1.165, 1.54) is 24.8 Å². The first kappa shape index (κ1) is 13.6. The van der Waals surface area contributed by atoms with Gasteiger partial charge >= 0.3 is 0 Å². The summed E-state index contributed by atoms with van der Waals surface area (Å²) in [5.74, 6) is 2.00. The highest BCUT2D eigenvalue weighted by molar-refractivity contribution is 5.98. The first-order valence-corrected chi connectivity index (χ1v) is 7.77. The van der Waals surface area contributed by atoms with Gasteiger partial charge in [0.2, 0.25) is 0 Å². The third kappa shape index (κ3) is 2.88. The molecule has 20 heavy (non-hydrogen) atoms. The summed E-state index contributed by atoms with van der Waals surface area (Å²) in [6, 6.07) is 5.86. The third-order valence-corrected chi connectivity index (χ3v) is 4.57. The number of ether oxygens (including phenoxy) is 1. The van der Waals surface area contributed by atoms with Gasteiger partial charge in [-0.2, -0.15) is 0 Å². The number of hydrogen-bond acceptors (Lipinski definition) is 3. The van der Waals surface area contributed by atoms with Crippen LogP contribution in [0.3, 0.4) is 0 Å². The molecule has 1 fully saturated rings. The van der Waals surface area contributed by atoms with Crippen LogP contribution in [-0.2, 0) is 6.42 Å². The van der Waals surface area contributed by atoms with E-state index in [-0.39, 0.29) is 5.78 Å². The standard InChI is InChI=1S/C17H23NO2/c1-2-18(11-13-4-3-5-13)12-16(19)14-6-7-17-15(10-14)8-9-20-17/h6-7,10,13H,2-5,8-9,11-12H2,1H3. The van der Waals surface area contributed by atoms with E-state index in [4.69, 9.17) is 4.74 Å². The summed E-state index contributed by atoms with van der Waals surface area (Å²) in [6.07, 6.45) is 4.96. The van der Waals surface area contributed by atoms with E-state index in [0.29, 0.717) is 6.54 Å². The zero-order valence-electron chi connectivity index (χ0n) is 12.2. The SMILES string of the molecule is CCN(CC(=O)c1ccc2c(c1)CCO2)CC1CCC1. The highest BCUT2D eigenvalue weighted by Gasteiger charge is 2.22. The molecule has 0 aromatic heterocycles. The Hall–Kier alpha value is -1.35. The van der Waals surface area contributed by atoms with E-state index in [0.717, 1.165) is 43.3 Å². The van der Waals surface area contributed by atoms with Gasteiger partial charge in [0, 0.05) is 18.5 Å². The number of Topliss-reactive ketones (excluding diaryl/α,β-unsaturated/α-hetero) is 1. The van der Waals surface area contributed by atoms with Crippen molar-refractivity contribution in [3.05, 3.63) is 29.3 Å². The van der Waals surface area contributed by atoms with Crippen molar-refractivity contribution in [2.75, 3.05) is 26.2 Å². The van der Waals surface area contributed by atoms with Crippen LogP contribution < -0.4 is 4.74 Å². The summed E-state index contributed by atoms with van der Waals surface area (Å²) in [6.45, 7) is 5.47. The second-order valence-corrected chi connectivity index (χ2v) is 5.97. The van der Waals surface area contributed by atoms with Gasteiger partial charge in [0.15, 0.2) is 5.78 Å². The van der Waals surface area contributed by atoms with Gasteiger partial charge in [-0.3, -0.25) is 9.69 Å². The molecule has 0 saturated heterocycles. The Bertz CT molecular complexity index is 494. The predicted molar refractivity (Wildman–Crippen MR) is 79.4 cm³/mol. The van der Waals surface area contributed by atoms with Crippen LogP contribution in [0.1, 0.15) is 42.1 Å². The van der Waals surface area contributed by atoms with E-state index < -0.39 is 0 Å². The molecule has 0 spiro atoms. The number of ketones is 1. The van der Waals surface area contributed by atoms with Crippen molar-refractivity contribution in [3.63, 3.8) is 0 Å². The Kier molecular flexibility index (Phi) is 4.06. The lowest BCUT2D eigenvalue weighted by Gasteiger charge is -2.31. The highest BCUT2D eigenvalue weighted by Crippen LogP contribution is 2.28. The van der Waals surface area contributed by atoms with Gasteiger partial charge in [-0.15, -0.1) is 0 Å². The zero-order valence-corrected chi connectivity index (χ0v) is 12.2. The minimum atomic E-state index is 0.237. The summed E-state index contributed by atoms with van der Waals surface area (Å²) < 4.78 is 5.49. The fraction of sp³-hybridized carbons (Fsp3) is 0.588. The van der Waals surface area contributed by atoms with Crippen molar-refractivity contribution in [2.45, 2.75) is 32.6 Å². The number of hydrogen-bond donors (Lipinski definition) is 0. The molecule has 0 N–H and O–H groups in total. The molecule has 1 aromatic carbocycles. The Morgan fingerprint density at radius 1 is 1.40 bits per heavy atom. The number of likely N-dealkylation sites (N-methyl/N-ethyl adjacent to an activating group) is 1. The van der Waals surface area contributed by atoms with Crippen molar-refractivity contribution >= 4 is 5.78 Å². The van der Waals surface area contributed by atoms with Crippen molar-refractivity contribution in [3.8, 4) is 5.75 Å². The first-order chi connectivity index (χ1) is 9.76. The molecule has 0 bridgehead atoms. The van der Waals surface area contributed by atoms with Gasteiger partial charge in [-0.05, 0) is 49.1 Å². The normalized spacial score (nSPS) is 17.7. The molecule has 3 nitrogen and oxygen atoms in total. The molecule has 0 amide bonds. The third-order valence-electron chi connectivity index (χ3n) is 4.57.